The fraction of sp³-hybridized carbons (Fsp3) is 0.304. The lowest BCUT2D eigenvalue weighted by Crippen LogP contribution is -2.29. The molecule has 1 heterocycles. The minimum atomic E-state index is -0.737. The van der Waals surface area contributed by atoms with Gasteiger partial charge in [0.05, 0.1) is 4.92 Å². The number of carbonyl (C=O) groups excluding carboxylic acids is 1. The Balaban J connectivity index is 1.77. The largest absolute Gasteiger partial charge is 0.384 e. The molecule has 0 spiro atoms. The number of hydrogen-bond acceptors (Lipinski definition) is 5. The van der Waals surface area contributed by atoms with Crippen molar-refractivity contribution in [2.24, 2.45) is 10.7 Å². The van der Waals surface area contributed by atoms with Crippen LogP contribution in [-0.2, 0) is 0 Å². The molecule has 1 saturated heterocycles. The van der Waals surface area contributed by atoms with Crippen LogP contribution in [0.25, 0.3) is 0 Å². The van der Waals surface area contributed by atoms with Gasteiger partial charge in [0.1, 0.15) is 11.4 Å². The molecule has 0 atom stereocenters. The van der Waals surface area contributed by atoms with E-state index in [4.69, 9.17) is 5.73 Å². The number of anilines is 2. The quantitative estimate of drug-likeness (QED) is 0.311. The van der Waals surface area contributed by atoms with E-state index in [1.807, 2.05) is 32.0 Å². The van der Waals surface area contributed by atoms with Gasteiger partial charge in [0.15, 0.2) is 0 Å². The summed E-state index contributed by atoms with van der Waals surface area (Å²) in [5, 5.41) is 14.5. The number of benzene rings is 2. The number of amides is 1. The van der Waals surface area contributed by atoms with Crippen molar-refractivity contribution in [1.29, 1.82) is 0 Å². The number of aryl methyl sites for hydroxylation is 2. The molecule has 1 amide bonds. The summed E-state index contributed by atoms with van der Waals surface area (Å²) in [7, 11) is 0. The first kappa shape index (κ1) is 22.0. The molecular formula is C23H27N5O3. The highest BCUT2D eigenvalue weighted by Gasteiger charge is 2.22. The van der Waals surface area contributed by atoms with Crippen LogP contribution in [0.3, 0.4) is 0 Å². The summed E-state index contributed by atoms with van der Waals surface area (Å²) in [5.41, 5.74) is 9.52. The molecule has 0 unspecified atom stereocenters. The monoisotopic (exact) mass is 421 g/mol. The third kappa shape index (κ3) is 5.69. The Morgan fingerprint density at radius 2 is 1.87 bits per heavy atom. The van der Waals surface area contributed by atoms with E-state index in [1.54, 1.807) is 18.3 Å². The molecule has 0 saturated carbocycles. The summed E-state index contributed by atoms with van der Waals surface area (Å²) in [6.07, 6.45) is 6.31. The second-order valence-electron chi connectivity index (χ2n) is 7.62. The number of nitro benzene ring substituents is 1. The average Bonchev–Trinajstić information content (AvgIpc) is 2.76. The van der Waals surface area contributed by atoms with Crippen molar-refractivity contribution < 1.29 is 9.72 Å². The smallest absolute Gasteiger partial charge is 0.285 e. The fourth-order valence-corrected chi connectivity index (χ4v) is 3.47. The molecule has 31 heavy (non-hydrogen) atoms. The standard InChI is InChI=1S/C23H27N5O3/c1-16-6-7-18(14-17(16)2)25-11-10-22(24)26-23(29)20-15-19(8-9-21(20)28(30)31)27-12-4-3-5-13-27/h6-11,14-15,25H,3-5,12-13H2,1-2H3,(H2,24,26,29). The highest BCUT2D eigenvalue weighted by Crippen LogP contribution is 2.27. The van der Waals surface area contributed by atoms with E-state index in [0.717, 1.165) is 42.9 Å². The summed E-state index contributed by atoms with van der Waals surface area (Å²) < 4.78 is 0. The maximum Gasteiger partial charge on any atom is 0.285 e. The molecular weight excluding hydrogens is 394 g/mol. The second kappa shape index (κ2) is 9.88. The Kier molecular flexibility index (Phi) is 7.02. The van der Waals surface area contributed by atoms with Gasteiger partial charge in [-0.2, -0.15) is 4.99 Å². The first-order chi connectivity index (χ1) is 14.8. The molecule has 0 radical (unpaired) electrons. The Bertz CT molecular complexity index is 1040. The van der Waals surface area contributed by atoms with Gasteiger partial charge in [0, 0.05) is 36.7 Å². The van der Waals surface area contributed by atoms with Gasteiger partial charge >= 0.3 is 0 Å². The van der Waals surface area contributed by atoms with Crippen LogP contribution >= 0.6 is 0 Å². The average molecular weight is 422 g/mol. The van der Waals surface area contributed by atoms with E-state index >= 15 is 0 Å². The second-order valence-corrected chi connectivity index (χ2v) is 7.62. The van der Waals surface area contributed by atoms with E-state index in [2.05, 4.69) is 15.2 Å². The van der Waals surface area contributed by atoms with Crippen molar-refractivity contribution in [3.05, 3.63) is 75.5 Å². The number of nitrogens with one attached hydrogen (secondary N) is 1. The number of nitrogens with zero attached hydrogens (tertiary/aromatic N) is 3. The van der Waals surface area contributed by atoms with Crippen LogP contribution in [-0.4, -0.2) is 29.8 Å². The molecule has 2 aromatic carbocycles. The summed E-state index contributed by atoms with van der Waals surface area (Å²) in [5.74, 6) is -0.780. The number of nitrogens with two attached hydrogens (primary N) is 1. The van der Waals surface area contributed by atoms with Crippen LogP contribution in [0.5, 0.6) is 0 Å². The van der Waals surface area contributed by atoms with Crippen molar-refractivity contribution in [3.63, 3.8) is 0 Å². The molecule has 3 N–H and O–H groups in total. The minimum absolute atomic E-state index is 0.0426. The van der Waals surface area contributed by atoms with Crippen LogP contribution in [0, 0.1) is 24.0 Å². The zero-order valence-corrected chi connectivity index (χ0v) is 17.8. The maximum absolute atomic E-state index is 12.7. The summed E-state index contributed by atoms with van der Waals surface area (Å²) >= 11 is 0. The minimum Gasteiger partial charge on any atom is -0.384 e. The van der Waals surface area contributed by atoms with Gasteiger partial charge in [0.25, 0.3) is 11.6 Å². The van der Waals surface area contributed by atoms with Crippen LogP contribution in [0.1, 0.15) is 40.7 Å². The summed E-state index contributed by atoms with van der Waals surface area (Å²) in [6, 6.07) is 10.5. The van der Waals surface area contributed by atoms with E-state index in [-0.39, 0.29) is 17.1 Å². The van der Waals surface area contributed by atoms with Crippen molar-refractivity contribution in [1.82, 2.24) is 0 Å². The van der Waals surface area contributed by atoms with Gasteiger partial charge in [-0.05, 0) is 74.6 Å². The van der Waals surface area contributed by atoms with Crippen LogP contribution < -0.4 is 16.0 Å². The van der Waals surface area contributed by atoms with E-state index in [9.17, 15) is 14.9 Å². The van der Waals surface area contributed by atoms with Crippen LogP contribution in [0.4, 0.5) is 17.1 Å². The zero-order valence-electron chi connectivity index (χ0n) is 17.8. The number of carbonyl (C=O) groups is 1. The molecule has 1 aliphatic rings. The number of hydrogen-bond donors (Lipinski definition) is 2. The lowest BCUT2D eigenvalue weighted by Gasteiger charge is -2.28. The van der Waals surface area contributed by atoms with E-state index in [1.165, 1.54) is 24.1 Å². The highest BCUT2D eigenvalue weighted by molar-refractivity contribution is 6.08. The molecule has 8 heteroatoms. The molecule has 162 valence electrons. The predicted octanol–water partition coefficient (Wildman–Crippen LogP) is 4.33. The zero-order chi connectivity index (χ0) is 22.4. The molecule has 0 aromatic heterocycles. The topological polar surface area (TPSA) is 114 Å². The van der Waals surface area contributed by atoms with Crippen molar-refractivity contribution >= 4 is 28.8 Å². The van der Waals surface area contributed by atoms with Gasteiger partial charge in [-0.25, -0.2) is 0 Å². The predicted molar refractivity (Wildman–Crippen MR) is 124 cm³/mol. The summed E-state index contributed by atoms with van der Waals surface area (Å²) in [6.45, 7) is 5.78. The fourth-order valence-electron chi connectivity index (χ4n) is 3.47. The van der Waals surface area contributed by atoms with Crippen molar-refractivity contribution in [2.75, 3.05) is 23.3 Å². The molecule has 8 nitrogen and oxygen atoms in total. The Labute approximate surface area is 181 Å². The number of amidine groups is 1. The Morgan fingerprint density at radius 1 is 1.13 bits per heavy atom. The number of nitro groups is 1. The third-order valence-corrected chi connectivity index (χ3v) is 5.37. The third-order valence-electron chi connectivity index (χ3n) is 5.37. The Hall–Kier alpha value is -3.68. The molecule has 3 rings (SSSR count). The van der Waals surface area contributed by atoms with Gasteiger partial charge in [-0.15, -0.1) is 0 Å². The molecule has 2 aromatic rings. The lowest BCUT2D eigenvalue weighted by molar-refractivity contribution is -0.385. The Morgan fingerprint density at radius 3 is 2.55 bits per heavy atom. The molecule has 0 bridgehead atoms. The number of rotatable bonds is 6. The SMILES string of the molecule is Cc1ccc(NC=CC(N)=NC(=O)c2cc(N3CCCCC3)ccc2[N+](=O)[O-])cc1C. The first-order valence-electron chi connectivity index (χ1n) is 10.3. The maximum atomic E-state index is 12.7. The first-order valence-corrected chi connectivity index (χ1v) is 10.3. The molecule has 0 aliphatic carbocycles. The molecule has 1 fully saturated rings. The van der Waals surface area contributed by atoms with Crippen molar-refractivity contribution in [3.8, 4) is 0 Å². The van der Waals surface area contributed by atoms with Gasteiger partial charge in [-0.1, -0.05) is 6.07 Å². The number of piperidine rings is 1. The van der Waals surface area contributed by atoms with E-state index in [0.29, 0.717) is 0 Å². The molecule has 1 aliphatic heterocycles. The van der Waals surface area contributed by atoms with E-state index < -0.39 is 10.8 Å². The van der Waals surface area contributed by atoms with Crippen LogP contribution in [0.2, 0.25) is 0 Å². The number of aliphatic imine (C=N–C) groups is 1. The normalized spacial score (nSPS) is 14.6. The lowest BCUT2D eigenvalue weighted by atomic mass is 10.1. The van der Waals surface area contributed by atoms with Crippen molar-refractivity contribution in [2.45, 2.75) is 33.1 Å². The van der Waals surface area contributed by atoms with Gasteiger partial charge in [0.2, 0.25) is 0 Å². The highest BCUT2D eigenvalue weighted by atomic mass is 16.6. The van der Waals surface area contributed by atoms with Crippen LogP contribution in [0.15, 0.2) is 53.7 Å². The van der Waals surface area contributed by atoms with Gasteiger partial charge in [-0.3, -0.25) is 14.9 Å². The van der Waals surface area contributed by atoms with Gasteiger partial charge < -0.3 is 16.0 Å². The summed E-state index contributed by atoms with van der Waals surface area (Å²) in [4.78, 5) is 29.5.